The fourth-order valence-corrected chi connectivity index (χ4v) is 3.49. The first-order valence-corrected chi connectivity index (χ1v) is 8.16. The van der Waals surface area contributed by atoms with Crippen LogP contribution in [0.5, 0.6) is 11.5 Å². The van der Waals surface area contributed by atoms with Gasteiger partial charge in [-0.3, -0.25) is 0 Å². The van der Waals surface area contributed by atoms with Crippen molar-refractivity contribution in [2.24, 2.45) is 7.05 Å². The Kier molecular flexibility index (Phi) is 3.67. The third-order valence-corrected chi connectivity index (χ3v) is 4.83. The summed E-state index contributed by atoms with van der Waals surface area (Å²) in [4.78, 5) is 11.0. The van der Waals surface area contributed by atoms with Crippen LogP contribution in [0.3, 0.4) is 0 Å². The second-order valence-electron chi connectivity index (χ2n) is 6.11. The van der Waals surface area contributed by atoms with E-state index in [0.717, 1.165) is 41.4 Å². The number of ether oxygens (including phenoxy) is 2. The number of aryl methyl sites for hydroxylation is 1. The third-order valence-electron chi connectivity index (χ3n) is 4.83. The van der Waals surface area contributed by atoms with Crippen LogP contribution < -0.4 is 14.4 Å². The molecule has 0 radical (unpaired) electrons. The SMILES string of the molecule is COc1cc2c(cc1OC)[C@@H](C)N(c1ncnc3c1nnn3C)CC2. The number of anilines is 1. The number of methoxy groups -OCH3 is 2. The predicted octanol–water partition coefficient (Wildman–Crippen LogP) is 1.90. The van der Waals surface area contributed by atoms with E-state index in [2.05, 4.69) is 44.2 Å². The molecule has 0 amide bonds. The Morgan fingerprint density at radius 2 is 1.88 bits per heavy atom. The highest BCUT2D eigenvalue weighted by Crippen LogP contribution is 2.40. The van der Waals surface area contributed by atoms with Gasteiger partial charge in [0.05, 0.1) is 20.3 Å². The fourth-order valence-electron chi connectivity index (χ4n) is 3.49. The van der Waals surface area contributed by atoms with Gasteiger partial charge in [-0.2, -0.15) is 0 Å². The van der Waals surface area contributed by atoms with Crippen molar-refractivity contribution >= 4 is 17.0 Å². The van der Waals surface area contributed by atoms with Crippen LogP contribution in [0.25, 0.3) is 11.2 Å². The highest BCUT2D eigenvalue weighted by atomic mass is 16.5. The van der Waals surface area contributed by atoms with E-state index >= 15 is 0 Å². The maximum atomic E-state index is 5.47. The smallest absolute Gasteiger partial charge is 0.183 e. The first kappa shape index (κ1) is 15.6. The Hall–Kier alpha value is -2.90. The van der Waals surface area contributed by atoms with Crippen molar-refractivity contribution in [3.8, 4) is 11.5 Å². The zero-order valence-corrected chi connectivity index (χ0v) is 14.7. The minimum absolute atomic E-state index is 0.128. The quantitative estimate of drug-likeness (QED) is 0.720. The van der Waals surface area contributed by atoms with Crippen LogP contribution in [-0.4, -0.2) is 45.7 Å². The van der Waals surface area contributed by atoms with Crippen LogP contribution in [0.2, 0.25) is 0 Å². The van der Waals surface area contributed by atoms with E-state index in [1.54, 1.807) is 25.2 Å². The molecule has 0 spiro atoms. The van der Waals surface area contributed by atoms with Gasteiger partial charge in [0.1, 0.15) is 6.33 Å². The van der Waals surface area contributed by atoms with Gasteiger partial charge >= 0.3 is 0 Å². The summed E-state index contributed by atoms with van der Waals surface area (Å²) in [5, 5.41) is 8.32. The molecule has 3 heterocycles. The van der Waals surface area contributed by atoms with Crippen LogP contribution in [-0.2, 0) is 13.5 Å². The van der Waals surface area contributed by atoms with E-state index < -0.39 is 0 Å². The van der Waals surface area contributed by atoms with Crippen LogP contribution >= 0.6 is 0 Å². The maximum Gasteiger partial charge on any atom is 0.183 e. The average molecular weight is 340 g/mol. The molecule has 8 heteroatoms. The Bertz CT molecular complexity index is 938. The van der Waals surface area contributed by atoms with Crippen molar-refractivity contribution in [2.75, 3.05) is 25.7 Å². The van der Waals surface area contributed by atoms with E-state index in [1.807, 2.05) is 7.05 Å². The number of benzene rings is 1. The second-order valence-corrected chi connectivity index (χ2v) is 6.11. The predicted molar refractivity (Wildman–Crippen MR) is 93.1 cm³/mol. The number of aromatic nitrogens is 5. The number of nitrogens with zero attached hydrogens (tertiary/aromatic N) is 6. The number of fused-ring (bicyclic) bond motifs is 2. The van der Waals surface area contributed by atoms with Crippen LogP contribution in [0.4, 0.5) is 5.82 Å². The van der Waals surface area contributed by atoms with Gasteiger partial charge in [0, 0.05) is 13.6 Å². The van der Waals surface area contributed by atoms with Crippen molar-refractivity contribution in [2.45, 2.75) is 19.4 Å². The summed E-state index contributed by atoms with van der Waals surface area (Å²) in [7, 11) is 5.15. The first-order valence-electron chi connectivity index (χ1n) is 8.16. The molecule has 2 aromatic heterocycles. The largest absolute Gasteiger partial charge is 0.493 e. The topological polar surface area (TPSA) is 78.2 Å². The molecule has 1 atom stereocenters. The Balaban J connectivity index is 1.79. The molecule has 3 aromatic rings. The van der Waals surface area contributed by atoms with Gasteiger partial charge in [0.2, 0.25) is 0 Å². The van der Waals surface area contributed by atoms with E-state index in [0.29, 0.717) is 0 Å². The Labute approximate surface area is 145 Å². The van der Waals surface area contributed by atoms with Crippen LogP contribution in [0, 0.1) is 0 Å². The molecule has 1 aliphatic heterocycles. The minimum Gasteiger partial charge on any atom is -0.493 e. The van der Waals surface area contributed by atoms with Crippen molar-refractivity contribution in [1.29, 1.82) is 0 Å². The third kappa shape index (κ3) is 2.36. The monoisotopic (exact) mass is 340 g/mol. The summed E-state index contributed by atoms with van der Waals surface area (Å²) in [6.45, 7) is 3.00. The van der Waals surface area contributed by atoms with Gasteiger partial charge in [-0.05, 0) is 36.6 Å². The molecule has 0 fully saturated rings. The van der Waals surface area contributed by atoms with E-state index in [9.17, 15) is 0 Å². The summed E-state index contributed by atoms with van der Waals surface area (Å²) < 4.78 is 12.6. The lowest BCUT2D eigenvalue weighted by Gasteiger charge is -2.36. The molecule has 1 aromatic carbocycles. The van der Waals surface area contributed by atoms with Crippen molar-refractivity contribution in [1.82, 2.24) is 25.0 Å². The molecule has 0 N–H and O–H groups in total. The lowest BCUT2D eigenvalue weighted by molar-refractivity contribution is 0.353. The highest BCUT2D eigenvalue weighted by molar-refractivity contribution is 5.83. The summed E-state index contributed by atoms with van der Waals surface area (Å²) in [5.74, 6) is 2.31. The maximum absolute atomic E-state index is 5.47. The minimum atomic E-state index is 0.128. The summed E-state index contributed by atoms with van der Waals surface area (Å²) in [6, 6.07) is 4.25. The summed E-state index contributed by atoms with van der Waals surface area (Å²) in [5.41, 5.74) is 3.93. The van der Waals surface area contributed by atoms with Gasteiger partial charge in [-0.15, -0.1) is 5.10 Å². The fraction of sp³-hybridized carbons (Fsp3) is 0.412. The molecule has 0 unspecified atom stereocenters. The molecule has 130 valence electrons. The zero-order chi connectivity index (χ0) is 17.6. The summed E-state index contributed by atoms with van der Waals surface area (Å²) in [6.07, 6.45) is 2.46. The molecule has 8 nitrogen and oxygen atoms in total. The lowest BCUT2D eigenvalue weighted by Crippen LogP contribution is -2.34. The van der Waals surface area contributed by atoms with Crippen molar-refractivity contribution in [3.63, 3.8) is 0 Å². The van der Waals surface area contributed by atoms with E-state index in [-0.39, 0.29) is 6.04 Å². The standard InChI is InChI=1S/C17H20N6O2/c1-10-12-8-14(25-4)13(24-3)7-11(12)5-6-23(10)17-15-16(18-9-19-17)22(2)21-20-15/h7-10H,5-6H2,1-4H3/t10-/m1/s1. The average Bonchev–Trinajstić information content (AvgIpc) is 3.02. The van der Waals surface area contributed by atoms with Gasteiger partial charge < -0.3 is 14.4 Å². The molecule has 0 saturated carbocycles. The van der Waals surface area contributed by atoms with E-state index in [1.165, 1.54) is 11.1 Å². The first-order chi connectivity index (χ1) is 12.1. The van der Waals surface area contributed by atoms with Crippen molar-refractivity contribution in [3.05, 3.63) is 29.6 Å². The normalized spacial score (nSPS) is 16.8. The summed E-state index contributed by atoms with van der Waals surface area (Å²) >= 11 is 0. The highest BCUT2D eigenvalue weighted by Gasteiger charge is 2.29. The van der Waals surface area contributed by atoms with E-state index in [4.69, 9.17) is 9.47 Å². The molecule has 0 aliphatic carbocycles. The van der Waals surface area contributed by atoms with Crippen LogP contribution in [0.1, 0.15) is 24.1 Å². The number of rotatable bonds is 3. The molecule has 0 bridgehead atoms. The molecule has 25 heavy (non-hydrogen) atoms. The molecule has 0 saturated heterocycles. The Morgan fingerprint density at radius 1 is 1.12 bits per heavy atom. The number of hydrogen-bond acceptors (Lipinski definition) is 7. The number of hydrogen-bond donors (Lipinski definition) is 0. The molecule has 1 aliphatic rings. The van der Waals surface area contributed by atoms with Gasteiger partial charge in [0.25, 0.3) is 0 Å². The van der Waals surface area contributed by atoms with Gasteiger partial charge in [-0.25, -0.2) is 14.6 Å². The van der Waals surface area contributed by atoms with Gasteiger partial charge in [0.15, 0.2) is 28.5 Å². The Morgan fingerprint density at radius 3 is 2.64 bits per heavy atom. The lowest BCUT2D eigenvalue weighted by atomic mass is 9.92. The van der Waals surface area contributed by atoms with Crippen molar-refractivity contribution < 1.29 is 9.47 Å². The molecule has 4 rings (SSSR count). The second kappa shape index (κ2) is 5.87. The molecular formula is C17H20N6O2. The van der Waals surface area contributed by atoms with Crippen LogP contribution in [0.15, 0.2) is 18.5 Å². The zero-order valence-electron chi connectivity index (χ0n) is 14.7. The van der Waals surface area contributed by atoms with Gasteiger partial charge in [-0.1, -0.05) is 5.21 Å². The molecular weight excluding hydrogens is 320 g/mol.